The van der Waals surface area contributed by atoms with Gasteiger partial charge in [0.2, 0.25) is 5.91 Å². The van der Waals surface area contributed by atoms with Gasteiger partial charge in [-0.2, -0.15) is 0 Å². The van der Waals surface area contributed by atoms with Gasteiger partial charge in [-0.15, -0.1) is 11.3 Å². The molecule has 2 amide bonds. The molecule has 0 aliphatic rings. The van der Waals surface area contributed by atoms with Crippen molar-refractivity contribution in [2.75, 3.05) is 0 Å². The summed E-state index contributed by atoms with van der Waals surface area (Å²) >= 11 is 7.27. The molecule has 178 valence electrons. The second-order valence-electron chi connectivity index (χ2n) is 8.68. The van der Waals surface area contributed by atoms with E-state index in [1.165, 1.54) is 16.2 Å². The van der Waals surface area contributed by atoms with Gasteiger partial charge in [-0.1, -0.05) is 54.1 Å². The van der Waals surface area contributed by atoms with E-state index in [4.69, 9.17) is 17.3 Å². The fourth-order valence-corrected chi connectivity index (χ4v) is 5.08. The quantitative estimate of drug-likeness (QED) is 0.398. The van der Waals surface area contributed by atoms with E-state index in [0.717, 1.165) is 16.0 Å². The lowest BCUT2D eigenvalue weighted by atomic mass is 9.90. The van der Waals surface area contributed by atoms with Crippen LogP contribution in [0.5, 0.6) is 0 Å². The van der Waals surface area contributed by atoms with Gasteiger partial charge in [0.05, 0.1) is 4.88 Å². The summed E-state index contributed by atoms with van der Waals surface area (Å²) in [6, 6.07) is 19.2. The van der Waals surface area contributed by atoms with Gasteiger partial charge >= 0.3 is 5.97 Å². The molecule has 3 aromatic rings. The van der Waals surface area contributed by atoms with Crippen molar-refractivity contribution >= 4 is 40.7 Å². The molecule has 0 aliphatic heterocycles. The number of carbonyl (C=O) groups excluding carboxylic acids is 2. The Morgan fingerprint density at radius 3 is 2.26 bits per heavy atom. The summed E-state index contributed by atoms with van der Waals surface area (Å²) in [4.78, 5) is 40.2. The van der Waals surface area contributed by atoms with E-state index < -0.39 is 29.4 Å². The maximum atomic E-state index is 13.8. The molecule has 0 saturated carbocycles. The average Bonchev–Trinajstić information content (AvgIpc) is 3.27. The summed E-state index contributed by atoms with van der Waals surface area (Å²) < 4.78 is 0. The van der Waals surface area contributed by atoms with Crippen molar-refractivity contribution in [2.45, 2.75) is 44.7 Å². The summed E-state index contributed by atoms with van der Waals surface area (Å²) in [5, 5.41) is 10.7. The predicted octanol–water partition coefficient (Wildman–Crippen LogP) is 5.25. The van der Waals surface area contributed by atoms with Crippen molar-refractivity contribution in [3.05, 3.63) is 82.2 Å². The van der Waals surface area contributed by atoms with Gasteiger partial charge < -0.3 is 15.7 Å². The first-order valence-electron chi connectivity index (χ1n) is 10.8. The third kappa shape index (κ3) is 6.24. The number of halogens is 1. The lowest BCUT2D eigenvalue weighted by molar-refractivity contribution is -0.144. The minimum absolute atomic E-state index is 0.0654. The molecule has 3 N–H and O–H groups in total. The molecule has 0 spiro atoms. The van der Waals surface area contributed by atoms with Crippen LogP contribution in [0.1, 0.15) is 41.9 Å². The highest BCUT2D eigenvalue weighted by atomic mass is 35.5. The maximum Gasteiger partial charge on any atom is 0.326 e. The standard InChI is InChI=1S/C26H27ClN2O4S/c1-26(2,16-17-6-4-3-5-7-17)29(20(25(32)33)12-15-23(28)30)24(31)22-14-13-21(34-22)18-8-10-19(27)11-9-18/h3-11,13-14,20H,12,15-16H2,1-2H3,(H2,28,30)(H,32,33)/t20-/m0/s1. The second kappa shape index (κ2) is 10.8. The summed E-state index contributed by atoms with van der Waals surface area (Å²) in [7, 11) is 0. The molecule has 1 aromatic heterocycles. The molecule has 1 heterocycles. The van der Waals surface area contributed by atoms with Gasteiger partial charge in [-0.3, -0.25) is 9.59 Å². The first kappa shape index (κ1) is 25.5. The van der Waals surface area contributed by atoms with Crippen LogP contribution in [0.4, 0.5) is 0 Å². The van der Waals surface area contributed by atoms with Crippen molar-refractivity contribution in [1.82, 2.24) is 4.90 Å². The number of carbonyl (C=O) groups is 3. The number of hydrogen-bond acceptors (Lipinski definition) is 4. The van der Waals surface area contributed by atoms with E-state index in [0.29, 0.717) is 16.3 Å². The largest absolute Gasteiger partial charge is 0.480 e. The Hall–Kier alpha value is -3.16. The Kier molecular flexibility index (Phi) is 8.12. The molecule has 0 bridgehead atoms. The van der Waals surface area contributed by atoms with Crippen LogP contribution in [0, 0.1) is 0 Å². The lowest BCUT2D eigenvalue weighted by Gasteiger charge is -2.42. The van der Waals surface area contributed by atoms with Gasteiger partial charge in [0.15, 0.2) is 0 Å². The number of carboxylic acids is 1. The fraction of sp³-hybridized carbons (Fsp3) is 0.269. The van der Waals surface area contributed by atoms with Crippen molar-refractivity contribution in [3.8, 4) is 10.4 Å². The van der Waals surface area contributed by atoms with Crippen LogP contribution in [0.25, 0.3) is 10.4 Å². The Balaban J connectivity index is 1.99. The lowest BCUT2D eigenvalue weighted by Crippen LogP contribution is -2.57. The van der Waals surface area contributed by atoms with Crippen LogP contribution < -0.4 is 5.73 Å². The first-order chi connectivity index (χ1) is 16.1. The molecular weight excluding hydrogens is 472 g/mol. The zero-order valence-corrected chi connectivity index (χ0v) is 20.6. The minimum Gasteiger partial charge on any atom is -0.480 e. The van der Waals surface area contributed by atoms with Crippen molar-refractivity contribution in [3.63, 3.8) is 0 Å². The number of aliphatic carboxylic acids is 1. The van der Waals surface area contributed by atoms with Gasteiger partial charge in [-0.05, 0) is 62.1 Å². The highest BCUT2D eigenvalue weighted by Crippen LogP contribution is 2.33. The third-order valence-corrected chi connectivity index (χ3v) is 6.93. The summed E-state index contributed by atoms with van der Waals surface area (Å²) in [5.74, 6) is -2.19. The van der Waals surface area contributed by atoms with Crippen LogP contribution in [-0.2, 0) is 16.0 Å². The molecule has 0 fully saturated rings. The molecule has 1 atom stereocenters. The van der Waals surface area contributed by atoms with Crippen LogP contribution in [0.2, 0.25) is 5.02 Å². The van der Waals surface area contributed by atoms with E-state index in [1.54, 1.807) is 18.2 Å². The van der Waals surface area contributed by atoms with Gasteiger partial charge in [0.25, 0.3) is 5.91 Å². The summed E-state index contributed by atoms with van der Waals surface area (Å²) in [6.45, 7) is 3.68. The molecule has 0 radical (unpaired) electrons. The number of thiophene rings is 1. The van der Waals surface area contributed by atoms with Crippen LogP contribution >= 0.6 is 22.9 Å². The van der Waals surface area contributed by atoms with Crippen molar-refractivity contribution < 1.29 is 19.5 Å². The molecule has 34 heavy (non-hydrogen) atoms. The Morgan fingerprint density at radius 1 is 1.03 bits per heavy atom. The highest BCUT2D eigenvalue weighted by Gasteiger charge is 2.41. The zero-order chi connectivity index (χ0) is 24.9. The number of rotatable bonds is 10. The van der Waals surface area contributed by atoms with Gasteiger partial charge in [-0.25, -0.2) is 4.79 Å². The number of nitrogens with zero attached hydrogens (tertiary/aromatic N) is 1. The molecule has 3 rings (SSSR count). The smallest absolute Gasteiger partial charge is 0.326 e. The van der Waals surface area contributed by atoms with E-state index >= 15 is 0 Å². The molecule has 6 nitrogen and oxygen atoms in total. The molecular formula is C26H27ClN2O4S. The number of primary amides is 1. The number of hydrogen-bond donors (Lipinski definition) is 2. The number of nitrogens with two attached hydrogens (primary N) is 1. The van der Waals surface area contributed by atoms with Gasteiger partial charge in [0.1, 0.15) is 6.04 Å². The number of amides is 2. The van der Waals surface area contributed by atoms with Crippen LogP contribution in [0.3, 0.4) is 0 Å². The zero-order valence-electron chi connectivity index (χ0n) is 19.0. The van der Waals surface area contributed by atoms with E-state index in [-0.39, 0.29) is 12.8 Å². The normalized spacial score (nSPS) is 12.2. The topological polar surface area (TPSA) is 101 Å². The number of carboxylic acid groups (broad SMARTS) is 1. The molecule has 0 unspecified atom stereocenters. The fourth-order valence-electron chi connectivity index (χ4n) is 4.00. The SMILES string of the molecule is CC(C)(Cc1ccccc1)N(C(=O)c1ccc(-c2ccc(Cl)cc2)s1)[C@@H](CCC(N)=O)C(=O)O. The van der Waals surface area contributed by atoms with Gasteiger partial charge in [0, 0.05) is 21.9 Å². The average molecular weight is 499 g/mol. The van der Waals surface area contributed by atoms with Crippen LogP contribution in [0.15, 0.2) is 66.7 Å². The van der Waals surface area contributed by atoms with Crippen LogP contribution in [-0.4, -0.2) is 39.4 Å². The van der Waals surface area contributed by atoms with E-state index in [9.17, 15) is 19.5 Å². The summed E-state index contributed by atoms with van der Waals surface area (Å²) in [6.07, 6.45) is 0.238. The molecule has 8 heteroatoms. The minimum atomic E-state index is -1.21. The maximum absolute atomic E-state index is 13.8. The Labute approximate surface area is 208 Å². The predicted molar refractivity (Wildman–Crippen MR) is 135 cm³/mol. The molecule has 0 aliphatic carbocycles. The molecule has 0 saturated heterocycles. The summed E-state index contributed by atoms with van der Waals surface area (Å²) in [5.41, 5.74) is 6.32. The number of benzene rings is 2. The monoisotopic (exact) mass is 498 g/mol. The Bertz CT molecular complexity index is 1160. The third-order valence-electron chi connectivity index (χ3n) is 5.56. The molecule has 2 aromatic carbocycles. The second-order valence-corrected chi connectivity index (χ2v) is 10.2. The first-order valence-corrected chi connectivity index (χ1v) is 12.0. The Morgan fingerprint density at radius 2 is 1.68 bits per heavy atom. The van der Waals surface area contributed by atoms with Crippen molar-refractivity contribution in [2.24, 2.45) is 5.73 Å². The highest BCUT2D eigenvalue weighted by molar-refractivity contribution is 7.17. The van der Waals surface area contributed by atoms with E-state index in [1.807, 2.05) is 62.4 Å². The van der Waals surface area contributed by atoms with E-state index in [2.05, 4.69) is 0 Å². The van der Waals surface area contributed by atoms with Crippen molar-refractivity contribution in [1.29, 1.82) is 0 Å².